The fraction of sp³-hybridized carbons (Fsp3) is 0.200. The highest BCUT2D eigenvalue weighted by atomic mass is 35.5. The van der Waals surface area contributed by atoms with Gasteiger partial charge in [-0.25, -0.2) is 0 Å². The van der Waals surface area contributed by atoms with Crippen molar-refractivity contribution in [2.45, 2.75) is 19.4 Å². The zero-order chi connectivity index (χ0) is 24.6. The van der Waals surface area contributed by atoms with E-state index in [2.05, 4.69) is 6.07 Å². The van der Waals surface area contributed by atoms with Gasteiger partial charge in [0.05, 0.1) is 32.2 Å². The van der Waals surface area contributed by atoms with Crippen LogP contribution in [0.15, 0.2) is 58.7 Å². The molecular formula is C25H21Cl2N3O4. The number of aryl methyl sites for hydroxylation is 1. The SMILES string of the molecule is COc1ccc(Cn2c(C)cc3c(c2=O)C(c2c(Cl)cccc2Cl)C(C#N)=C(N)O3)cc1OC. The zero-order valence-corrected chi connectivity index (χ0v) is 20.2. The minimum absolute atomic E-state index is 0.0705. The summed E-state index contributed by atoms with van der Waals surface area (Å²) in [6, 6.07) is 14.2. The normalized spacial score (nSPS) is 14.8. The van der Waals surface area contributed by atoms with E-state index in [1.807, 2.05) is 12.1 Å². The van der Waals surface area contributed by atoms with E-state index >= 15 is 0 Å². The number of allylic oxidation sites excluding steroid dienone is 1. The predicted molar refractivity (Wildman–Crippen MR) is 130 cm³/mol. The summed E-state index contributed by atoms with van der Waals surface area (Å²) in [6.07, 6.45) is 0. The number of ether oxygens (including phenoxy) is 3. The van der Waals surface area contributed by atoms with Crippen molar-refractivity contribution < 1.29 is 14.2 Å². The molecule has 0 radical (unpaired) electrons. The number of fused-ring (bicyclic) bond motifs is 1. The Morgan fingerprint density at radius 2 is 1.76 bits per heavy atom. The second kappa shape index (κ2) is 9.34. The highest BCUT2D eigenvalue weighted by molar-refractivity contribution is 6.36. The molecule has 4 rings (SSSR count). The minimum atomic E-state index is -0.875. The van der Waals surface area contributed by atoms with Gasteiger partial charge in [0.1, 0.15) is 17.4 Å². The first-order valence-corrected chi connectivity index (χ1v) is 11.0. The fourth-order valence-corrected chi connectivity index (χ4v) is 4.74. The standard InChI is InChI=1S/C25H21Cl2N3O4/c1-13-9-20-23(25(31)30(13)12-14-7-8-18(32-2)19(10-14)33-3)21(15(11-28)24(29)34-20)22-16(26)5-4-6-17(22)27/h4-10,21H,12,29H2,1-3H3. The number of nitrogens with zero attached hydrogens (tertiary/aromatic N) is 2. The first-order valence-electron chi connectivity index (χ1n) is 10.3. The average molecular weight is 498 g/mol. The molecule has 2 heterocycles. The molecule has 1 aliphatic heterocycles. The number of hydrogen-bond acceptors (Lipinski definition) is 6. The van der Waals surface area contributed by atoms with Crippen molar-refractivity contribution in [1.29, 1.82) is 5.26 Å². The predicted octanol–water partition coefficient (Wildman–Crippen LogP) is 4.75. The van der Waals surface area contributed by atoms with E-state index in [-0.39, 0.29) is 34.9 Å². The molecule has 174 valence electrons. The van der Waals surface area contributed by atoms with Gasteiger partial charge >= 0.3 is 0 Å². The summed E-state index contributed by atoms with van der Waals surface area (Å²) in [5.41, 5.74) is 7.93. The smallest absolute Gasteiger partial charge is 0.259 e. The molecule has 7 nitrogen and oxygen atoms in total. The summed E-state index contributed by atoms with van der Waals surface area (Å²) >= 11 is 13.0. The van der Waals surface area contributed by atoms with Gasteiger partial charge in [0, 0.05) is 27.4 Å². The van der Waals surface area contributed by atoms with Crippen LogP contribution in [0.4, 0.5) is 0 Å². The molecule has 9 heteroatoms. The van der Waals surface area contributed by atoms with Gasteiger partial charge in [-0.3, -0.25) is 4.79 Å². The van der Waals surface area contributed by atoms with Crippen LogP contribution in [0.2, 0.25) is 10.0 Å². The summed E-state index contributed by atoms with van der Waals surface area (Å²) in [5.74, 6) is 0.438. The molecule has 2 N–H and O–H groups in total. The van der Waals surface area contributed by atoms with Gasteiger partial charge in [-0.15, -0.1) is 0 Å². The van der Waals surface area contributed by atoms with E-state index in [1.165, 1.54) is 0 Å². The third-order valence-corrected chi connectivity index (χ3v) is 6.43. The van der Waals surface area contributed by atoms with E-state index in [4.69, 9.17) is 43.1 Å². The highest BCUT2D eigenvalue weighted by Gasteiger charge is 2.36. The Hall–Kier alpha value is -3.60. The molecule has 0 aliphatic carbocycles. The fourth-order valence-electron chi connectivity index (χ4n) is 4.12. The Labute approximate surface area is 206 Å². The molecule has 1 aromatic heterocycles. The third kappa shape index (κ3) is 3.96. The molecule has 1 aliphatic rings. The van der Waals surface area contributed by atoms with E-state index in [1.54, 1.807) is 56.0 Å². The molecule has 0 fully saturated rings. The monoisotopic (exact) mass is 497 g/mol. The molecule has 0 bridgehead atoms. The molecule has 0 saturated heterocycles. The quantitative estimate of drug-likeness (QED) is 0.545. The largest absolute Gasteiger partial charge is 0.493 e. The molecule has 0 saturated carbocycles. The number of benzene rings is 2. The van der Waals surface area contributed by atoms with Crippen LogP contribution in [0.1, 0.15) is 28.3 Å². The number of aromatic nitrogens is 1. The molecule has 1 unspecified atom stereocenters. The van der Waals surface area contributed by atoms with Crippen LogP contribution in [0.5, 0.6) is 17.2 Å². The van der Waals surface area contributed by atoms with Crippen molar-refractivity contribution in [2.75, 3.05) is 14.2 Å². The summed E-state index contributed by atoms with van der Waals surface area (Å²) in [7, 11) is 3.11. The van der Waals surface area contributed by atoms with Crippen molar-refractivity contribution in [3.8, 4) is 23.3 Å². The van der Waals surface area contributed by atoms with Gasteiger partial charge in [-0.05, 0) is 36.8 Å². The Balaban J connectivity index is 1.92. The number of nitrogens with two attached hydrogens (primary N) is 1. The zero-order valence-electron chi connectivity index (χ0n) is 18.7. The van der Waals surface area contributed by atoms with Crippen LogP contribution in [0.25, 0.3) is 0 Å². The minimum Gasteiger partial charge on any atom is -0.493 e. The summed E-state index contributed by atoms with van der Waals surface area (Å²) in [4.78, 5) is 13.9. The van der Waals surface area contributed by atoms with Crippen LogP contribution < -0.4 is 25.5 Å². The number of nitriles is 1. The number of hydrogen-bond donors (Lipinski definition) is 1. The van der Waals surface area contributed by atoms with Gasteiger partial charge in [-0.2, -0.15) is 5.26 Å². The van der Waals surface area contributed by atoms with Crippen LogP contribution >= 0.6 is 23.2 Å². The van der Waals surface area contributed by atoms with Crippen molar-refractivity contribution in [2.24, 2.45) is 5.73 Å². The van der Waals surface area contributed by atoms with Crippen LogP contribution in [0, 0.1) is 18.3 Å². The van der Waals surface area contributed by atoms with Crippen LogP contribution in [0.3, 0.4) is 0 Å². The molecule has 0 spiro atoms. The van der Waals surface area contributed by atoms with Gasteiger partial charge < -0.3 is 24.5 Å². The number of halogens is 2. The number of methoxy groups -OCH3 is 2. The maximum absolute atomic E-state index is 13.9. The lowest BCUT2D eigenvalue weighted by Gasteiger charge is -2.28. The van der Waals surface area contributed by atoms with Gasteiger partial charge in [0.2, 0.25) is 5.88 Å². The summed E-state index contributed by atoms with van der Waals surface area (Å²) in [6.45, 7) is 2.05. The lowest BCUT2D eigenvalue weighted by atomic mass is 9.84. The Morgan fingerprint density at radius 1 is 1.09 bits per heavy atom. The number of rotatable bonds is 5. The molecule has 1 atom stereocenters. The van der Waals surface area contributed by atoms with Gasteiger partial charge in [0.25, 0.3) is 5.56 Å². The molecular weight excluding hydrogens is 477 g/mol. The van der Waals surface area contributed by atoms with E-state index in [0.717, 1.165) is 5.56 Å². The average Bonchev–Trinajstić information content (AvgIpc) is 2.81. The van der Waals surface area contributed by atoms with E-state index < -0.39 is 5.92 Å². The lowest BCUT2D eigenvalue weighted by Crippen LogP contribution is -2.33. The Bertz CT molecular complexity index is 1400. The second-order valence-electron chi connectivity index (χ2n) is 7.70. The van der Waals surface area contributed by atoms with Crippen LogP contribution in [-0.4, -0.2) is 18.8 Å². The number of pyridine rings is 1. The molecule has 0 amide bonds. The maximum atomic E-state index is 13.9. The van der Waals surface area contributed by atoms with E-state index in [0.29, 0.717) is 32.8 Å². The molecule has 34 heavy (non-hydrogen) atoms. The molecule has 3 aromatic rings. The van der Waals surface area contributed by atoms with Crippen LogP contribution in [-0.2, 0) is 6.54 Å². The van der Waals surface area contributed by atoms with Gasteiger partial charge in [-0.1, -0.05) is 35.3 Å². The topological polar surface area (TPSA) is 99.5 Å². The highest BCUT2D eigenvalue weighted by Crippen LogP contribution is 2.45. The lowest BCUT2D eigenvalue weighted by molar-refractivity contribution is 0.354. The summed E-state index contributed by atoms with van der Waals surface area (Å²) < 4.78 is 18.0. The Morgan fingerprint density at radius 3 is 2.38 bits per heavy atom. The third-order valence-electron chi connectivity index (χ3n) is 5.77. The second-order valence-corrected chi connectivity index (χ2v) is 8.52. The summed E-state index contributed by atoms with van der Waals surface area (Å²) in [5, 5.41) is 10.5. The van der Waals surface area contributed by atoms with Gasteiger partial charge in [0.15, 0.2) is 11.5 Å². The first kappa shape index (κ1) is 23.6. The maximum Gasteiger partial charge on any atom is 0.259 e. The van der Waals surface area contributed by atoms with E-state index in [9.17, 15) is 10.1 Å². The van der Waals surface area contributed by atoms with Crippen molar-refractivity contribution in [1.82, 2.24) is 4.57 Å². The Kier molecular flexibility index (Phi) is 6.47. The van der Waals surface area contributed by atoms with Crippen molar-refractivity contribution in [3.63, 3.8) is 0 Å². The van der Waals surface area contributed by atoms with Crippen molar-refractivity contribution in [3.05, 3.63) is 96.7 Å². The molecule has 2 aromatic carbocycles. The first-order chi connectivity index (χ1) is 16.3. The van der Waals surface area contributed by atoms with Crippen molar-refractivity contribution >= 4 is 23.2 Å².